The van der Waals surface area contributed by atoms with Crippen molar-refractivity contribution in [3.05, 3.63) is 109 Å². The standard InChI is InChI=1S/C25H19FN4S/c1-17(20-15-28-30(16-20)25-29-23-8-4-5-9-24(23)31-25)27-14-19-6-2-3-7-22(19)18-10-12-21(26)13-11-18/h2-13,15-16,27H,1,14H2. The molecule has 0 fully saturated rings. The normalized spacial score (nSPS) is 11.0. The number of fused-ring (bicyclic) bond motifs is 1. The number of nitrogens with zero attached hydrogens (tertiary/aromatic N) is 3. The second kappa shape index (κ2) is 8.16. The first-order valence-corrected chi connectivity index (χ1v) is 10.7. The average molecular weight is 427 g/mol. The highest BCUT2D eigenvalue weighted by Crippen LogP contribution is 2.26. The van der Waals surface area contributed by atoms with Gasteiger partial charge in [0.25, 0.3) is 0 Å². The molecule has 0 amide bonds. The van der Waals surface area contributed by atoms with E-state index in [9.17, 15) is 4.39 Å². The zero-order valence-electron chi connectivity index (χ0n) is 16.6. The molecule has 2 heterocycles. The molecular formula is C25H19FN4S. The molecule has 1 N–H and O–H groups in total. The van der Waals surface area contributed by atoms with Gasteiger partial charge in [-0.3, -0.25) is 0 Å². The third kappa shape index (κ3) is 3.98. The highest BCUT2D eigenvalue weighted by molar-refractivity contribution is 7.20. The maximum atomic E-state index is 13.3. The van der Waals surface area contributed by atoms with Crippen molar-refractivity contribution in [3.63, 3.8) is 0 Å². The Kier molecular flexibility index (Phi) is 5.06. The van der Waals surface area contributed by atoms with Crippen LogP contribution in [-0.4, -0.2) is 14.8 Å². The fourth-order valence-corrected chi connectivity index (χ4v) is 4.33. The van der Waals surface area contributed by atoms with Crippen molar-refractivity contribution >= 4 is 27.3 Å². The summed E-state index contributed by atoms with van der Waals surface area (Å²) in [5.74, 6) is -0.238. The van der Waals surface area contributed by atoms with E-state index in [0.29, 0.717) is 6.54 Å². The van der Waals surface area contributed by atoms with E-state index in [4.69, 9.17) is 0 Å². The van der Waals surface area contributed by atoms with Crippen molar-refractivity contribution in [1.82, 2.24) is 20.1 Å². The predicted molar refractivity (Wildman–Crippen MR) is 124 cm³/mol. The lowest BCUT2D eigenvalue weighted by Gasteiger charge is -2.12. The lowest BCUT2D eigenvalue weighted by molar-refractivity contribution is 0.628. The van der Waals surface area contributed by atoms with Crippen LogP contribution in [0, 0.1) is 5.82 Å². The van der Waals surface area contributed by atoms with Crippen LogP contribution in [0.4, 0.5) is 4.39 Å². The molecule has 0 saturated carbocycles. The summed E-state index contributed by atoms with van der Waals surface area (Å²) in [7, 11) is 0. The molecule has 0 aliphatic rings. The lowest BCUT2D eigenvalue weighted by atomic mass is 9.99. The van der Waals surface area contributed by atoms with E-state index in [1.165, 1.54) is 12.1 Å². The summed E-state index contributed by atoms with van der Waals surface area (Å²) >= 11 is 1.60. The molecule has 0 spiro atoms. The monoisotopic (exact) mass is 426 g/mol. The van der Waals surface area contributed by atoms with Crippen LogP contribution in [0.1, 0.15) is 11.1 Å². The van der Waals surface area contributed by atoms with Crippen molar-refractivity contribution in [2.75, 3.05) is 0 Å². The van der Waals surface area contributed by atoms with Gasteiger partial charge in [0.15, 0.2) is 0 Å². The Morgan fingerprint density at radius 3 is 2.61 bits per heavy atom. The van der Waals surface area contributed by atoms with Gasteiger partial charge in [0.1, 0.15) is 5.82 Å². The first kappa shape index (κ1) is 19.2. The van der Waals surface area contributed by atoms with Crippen molar-refractivity contribution < 1.29 is 4.39 Å². The van der Waals surface area contributed by atoms with Gasteiger partial charge in [0.05, 0.1) is 16.4 Å². The van der Waals surface area contributed by atoms with E-state index < -0.39 is 0 Å². The fourth-order valence-electron chi connectivity index (χ4n) is 3.43. The highest BCUT2D eigenvalue weighted by Gasteiger charge is 2.10. The summed E-state index contributed by atoms with van der Waals surface area (Å²) in [6.07, 6.45) is 3.71. The maximum absolute atomic E-state index is 13.3. The van der Waals surface area contributed by atoms with Crippen LogP contribution in [0.15, 0.2) is 91.8 Å². The van der Waals surface area contributed by atoms with Crippen molar-refractivity contribution in [2.24, 2.45) is 0 Å². The molecule has 5 rings (SSSR count). The SMILES string of the molecule is C=C(NCc1ccccc1-c1ccc(F)cc1)c1cnn(-c2nc3ccccc3s2)c1. The molecule has 4 nitrogen and oxygen atoms in total. The van der Waals surface area contributed by atoms with Crippen LogP contribution in [0.2, 0.25) is 0 Å². The second-order valence-electron chi connectivity index (χ2n) is 7.13. The lowest BCUT2D eigenvalue weighted by Crippen LogP contribution is -2.11. The van der Waals surface area contributed by atoms with Crippen LogP contribution in [0.3, 0.4) is 0 Å². The number of thiazole rings is 1. The molecule has 0 aliphatic heterocycles. The topological polar surface area (TPSA) is 42.7 Å². The summed E-state index contributed by atoms with van der Waals surface area (Å²) in [4.78, 5) is 4.64. The summed E-state index contributed by atoms with van der Waals surface area (Å²) in [5.41, 5.74) is 5.79. The summed E-state index contributed by atoms with van der Waals surface area (Å²) in [5, 5.41) is 8.67. The summed E-state index contributed by atoms with van der Waals surface area (Å²) in [6, 6.07) is 22.7. The van der Waals surface area contributed by atoms with Gasteiger partial charge in [-0.05, 0) is 41.0 Å². The number of hydrogen-bond donors (Lipinski definition) is 1. The van der Waals surface area contributed by atoms with E-state index in [-0.39, 0.29) is 5.82 Å². The largest absolute Gasteiger partial charge is 0.381 e. The molecule has 0 unspecified atom stereocenters. The predicted octanol–water partition coefficient (Wildman–Crippen LogP) is 6.05. The molecule has 2 aromatic heterocycles. The maximum Gasteiger partial charge on any atom is 0.211 e. The minimum absolute atomic E-state index is 0.238. The molecule has 0 atom stereocenters. The Morgan fingerprint density at radius 1 is 1.00 bits per heavy atom. The number of hydrogen-bond acceptors (Lipinski definition) is 4. The van der Waals surface area contributed by atoms with E-state index in [1.54, 1.807) is 34.3 Å². The zero-order chi connectivity index (χ0) is 21.2. The van der Waals surface area contributed by atoms with Crippen LogP contribution in [-0.2, 0) is 6.54 Å². The van der Waals surface area contributed by atoms with E-state index in [2.05, 4.69) is 34.1 Å². The van der Waals surface area contributed by atoms with E-state index in [0.717, 1.165) is 43.3 Å². The quantitative estimate of drug-likeness (QED) is 0.359. The van der Waals surface area contributed by atoms with Gasteiger partial charge in [0.2, 0.25) is 5.13 Å². The Morgan fingerprint density at radius 2 is 1.77 bits per heavy atom. The van der Waals surface area contributed by atoms with Gasteiger partial charge < -0.3 is 5.32 Å². The minimum Gasteiger partial charge on any atom is -0.381 e. The summed E-state index contributed by atoms with van der Waals surface area (Å²) in [6.45, 7) is 4.77. The Bertz CT molecular complexity index is 1330. The van der Waals surface area contributed by atoms with Crippen molar-refractivity contribution in [2.45, 2.75) is 6.54 Å². The second-order valence-corrected chi connectivity index (χ2v) is 8.14. The molecular weight excluding hydrogens is 407 g/mol. The van der Waals surface area contributed by atoms with E-state index >= 15 is 0 Å². The molecule has 0 bridgehead atoms. The molecule has 0 aliphatic carbocycles. The van der Waals surface area contributed by atoms with Crippen LogP contribution < -0.4 is 5.32 Å². The molecule has 0 saturated heterocycles. The van der Waals surface area contributed by atoms with Gasteiger partial charge >= 0.3 is 0 Å². The number of para-hydroxylation sites is 1. The van der Waals surface area contributed by atoms with Crippen LogP contribution in [0.25, 0.3) is 32.2 Å². The number of halogens is 1. The first-order valence-electron chi connectivity index (χ1n) is 9.85. The molecule has 3 aromatic carbocycles. The van der Waals surface area contributed by atoms with Gasteiger partial charge in [-0.25, -0.2) is 14.1 Å². The van der Waals surface area contributed by atoms with Crippen molar-refractivity contribution in [1.29, 1.82) is 0 Å². The highest BCUT2D eigenvalue weighted by atomic mass is 32.1. The first-order chi connectivity index (χ1) is 15.2. The number of nitrogens with one attached hydrogen (secondary N) is 1. The van der Waals surface area contributed by atoms with Gasteiger partial charge in [-0.1, -0.05) is 66.4 Å². The minimum atomic E-state index is -0.238. The van der Waals surface area contributed by atoms with Crippen LogP contribution in [0.5, 0.6) is 0 Å². The van der Waals surface area contributed by atoms with Crippen LogP contribution >= 0.6 is 11.3 Å². The van der Waals surface area contributed by atoms with Gasteiger partial charge in [-0.2, -0.15) is 5.10 Å². The zero-order valence-corrected chi connectivity index (χ0v) is 17.4. The third-order valence-corrected chi connectivity index (χ3v) is 6.10. The third-order valence-electron chi connectivity index (χ3n) is 5.07. The Labute approximate surface area is 183 Å². The van der Waals surface area contributed by atoms with Crippen molar-refractivity contribution in [3.8, 4) is 16.3 Å². The number of aromatic nitrogens is 3. The average Bonchev–Trinajstić information content (AvgIpc) is 3.45. The molecule has 5 aromatic rings. The van der Waals surface area contributed by atoms with Gasteiger partial charge in [0, 0.05) is 24.0 Å². The molecule has 0 radical (unpaired) electrons. The summed E-state index contributed by atoms with van der Waals surface area (Å²) < 4.78 is 16.2. The molecule has 31 heavy (non-hydrogen) atoms. The molecule has 152 valence electrons. The Balaban J connectivity index is 1.32. The number of rotatable bonds is 6. The molecule has 6 heteroatoms. The fraction of sp³-hybridized carbons (Fsp3) is 0.0400. The smallest absolute Gasteiger partial charge is 0.211 e. The number of benzene rings is 3. The van der Waals surface area contributed by atoms with Gasteiger partial charge in [-0.15, -0.1) is 0 Å². The van der Waals surface area contributed by atoms with E-state index in [1.807, 2.05) is 42.6 Å². The Hall–Kier alpha value is -3.77.